The number of amides is 1. The van der Waals surface area contributed by atoms with Gasteiger partial charge in [0, 0.05) is 10.3 Å². The van der Waals surface area contributed by atoms with Crippen molar-refractivity contribution in [3.63, 3.8) is 0 Å². The van der Waals surface area contributed by atoms with Crippen molar-refractivity contribution in [1.82, 2.24) is 0 Å². The lowest BCUT2D eigenvalue weighted by molar-refractivity contribution is 0.0600. The smallest absolute Gasteiger partial charge is 0.349 e. The molecule has 0 saturated heterocycles. The highest BCUT2D eigenvalue weighted by molar-refractivity contribution is 7.17. The monoisotopic (exact) mass is 439 g/mol. The van der Waals surface area contributed by atoms with E-state index in [1.165, 1.54) is 24.5 Å². The summed E-state index contributed by atoms with van der Waals surface area (Å²) in [5.74, 6) is -0.594. The molecular formula is C24H25NO5S. The molecule has 2 heterocycles. The molecule has 0 saturated carbocycles. The molecule has 2 aromatic heterocycles. The van der Waals surface area contributed by atoms with Gasteiger partial charge in [0.1, 0.15) is 16.1 Å². The first-order valence-corrected chi connectivity index (χ1v) is 11.1. The van der Waals surface area contributed by atoms with Crippen molar-refractivity contribution in [2.45, 2.75) is 40.0 Å². The molecule has 0 aliphatic heterocycles. The van der Waals surface area contributed by atoms with Crippen LogP contribution in [0.15, 0.2) is 39.5 Å². The van der Waals surface area contributed by atoms with Gasteiger partial charge in [0.25, 0.3) is 5.91 Å². The average molecular weight is 440 g/mol. The van der Waals surface area contributed by atoms with E-state index in [2.05, 4.69) is 26.1 Å². The van der Waals surface area contributed by atoms with E-state index in [1.54, 1.807) is 24.3 Å². The molecule has 0 radical (unpaired) electrons. The SMILES string of the molecule is COC(=O)c1c(NC(=O)c2cc3ccccc3oc2=O)sc2c1CCC(C(C)(C)C)C2. The predicted molar refractivity (Wildman–Crippen MR) is 121 cm³/mol. The van der Waals surface area contributed by atoms with Gasteiger partial charge in [-0.1, -0.05) is 39.0 Å². The molecule has 1 aliphatic rings. The molecule has 0 fully saturated rings. The van der Waals surface area contributed by atoms with E-state index in [0.29, 0.717) is 27.5 Å². The predicted octanol–water partition coefficient (Wildman–Crippen LogP) is 5.04. The van der Waals surface area contributed by atoms with Crippen molar-refractivity contribution >= 4 is 39.2 Å². The van der Waals surface area contributed by atoms with Crippen molar-refractivity contribution in [3.05, 3.63) is 62.3 Å². The Morgan fingerprint density at radius 1 is 1.23 bits per heavy atom. The molecule has 7 heteroatoms. The number of methoxy groups -OCH3 is 1. The van der Waals surface area contributed by atoms with Crippen molar-refractivity contribution in [2.24, 2.45) is 11.3 Å². The maximum absolute atomic E-state index is 13.0. The van der Waals surface area contributed by atoms with E-state index < -0.39 is 17.5 Å². The Labute approximate surface area is 184 Å². The van der Waals surface area contributed by atoms with Crippen molar-refractivity contribution < 1.29 is 18.7 Å². The quantitative estimate of drug-likeness (QED) is 0.456. The maximum atomic E-state index is 13.0. The first-order chi connectivity index (χ1) is 14.7. The lowest BCUT2D eigenvalue weighted by Gasteiger charge is -2.33. The van der Waals surface area contributed by atoms with Crippen LogP contribution in [0.5, 0.6) is 0 Å². The number of hydrogen-bond donors (Lipinski definition) is 1. The number of ether oxygens (including phenoxy) is 1. The minimum absolute atomic E-state index is 0.103. The number of nitrogens with one attached hydrogen (secondary N) is 1. The van der Waals surface area contributed by atoms with E-state index >= 15 is 0 Å². The molecule has 1 unspecified atom stereocenters. The number of hydrogen-bond acceptors (Lipinski definition) is 6. The molecule has 0 spiro atoms. The highest BCUT2D eigenvalue weighted by Crippen LogP contribution is 2.44. The number of fused-ring (bicyclic) bond motifs is 2. The van der Waals surface area contributed by atoms with Gasteiger partial charge in [-0.2, -0.15) is 0 Å². The Morgan fingerprint density at radius 3 is 2.68 bits per heavy atom. The minimum atomic E-state index is -0.718. The molecule has 6 nitrogen and oxygen atoms in total. The van der Waals surface area contributed by atoms with Gasteiger partial charge in [0.15, 0.2) is 0 Å². The summed E-state index contributed by atoms with van der Waals surface area (Å²) in [6, 6.07) is 8.52. The van der Waals surface area contributed by atoms with Crippen LogP contribution in [0.4, 0.5) is 5.00 Å². The molecule has 31 heavy (non-hydrogen) atoms. The molecular weight excluding hydrogens is 414 g/mol. The zero-order chi connectivity index (χ0) is 22.3. The number of para-hydroxylation sites is 1. The van der Waals surface area contributed by atoms with Gasteiger partial charge >= 0.3 is 11.6 Å². The average Bonchev–Trinajstić information content (AvgIpc) is 3.08. The Kier molecular flexibility index (Phi) is 5.47. The molecule has 1 aliphatic carbocycles. The summed E-state index contributed by atoms with van der Waals surface area (Å²) < 4.78 is 10.3. The fourth-order valence-electron chi connectivity index (χ4n) is 4.12. The van der Waals surface area contributed by atoms with Gasteiger partial charge in [-0.3, -0.25) is 4.79 Å². The minimum Gasteiger partial charge on any atom is -0.465 e. The third-order valence-electron chi connectivity index (χ3n) is 5.99. The second-order valence-corrected chi connectivity index (χ2v) is 10.0. The van der Waals surface area contributed by atoms with Crippen molar-refractivity contribution in [3.8, 4) is 0 Å². The van der Waals surface area contributed by atoms with Crippen LogP contribution >= 0.6 is 11.3 Å². The number of thiophene rings is 1. The van der Waals surface area contributed by atoms with Crippen LogP contribution in [0.1, 0.15) is 58.3 Å². The zero-order valence-corrected chi connectivity index (χ0v) is 18.9. The molecule has 1 atom stereocenters. The van der Waals surface area contributed by atoms with E-state index in [1.807, 2.05) is 0 Å². The van der Waals surface area contributed by atoms with Crippen LogP contribution in [-0.2, 0) is 17.6 Å². The molecule has 4 rings (SSSR count). The second kappa shape index (κ2) is 7.96. The standard InChI is InChI=1S/C24H25NO5S/c1-24(2,3)14-9-10-15-18(12-14)31-21(19(15)23(28)29-4)25-20(26)16-11-13-7-5-6-8-17(13)30-22(16)27/h5-8,11,14H,9-10,12H2,1-4H3,(H,25,26). The normalized spacial score (nSPS) is 16.1. The summed E-state index contributed by atoms with van der Waals surface area (Å²) in [4.78, 5) is 39.0. The van der Waals surface area contributed by atoms with E-state index in [0.717, 1.165) is 29.7 Å². The molecule has 1 amide bonds. The highest BCUT2D eigenvalue weighted by atomic mass is 32.1. The molecule has 162 valence electrons. The van der Waals surface area contributed by atoms with Crippen molar-refractivity contribution in [2.75, 3.05) is 12.4 Å². The summed E-state index contributed by atoms with van der Waals surface area (Å²) in [5, 5.41) is 3.85. The van der Waals surface area contributed by atoms with Gasteiger partial charge in [-0.05, 0) is 48.3 Å². The van der Waals surface area contributed by atoms with Gasteiger partial charge < -0.3 is 14.5 Å². The van der Waals surface area contributed by atoms with Crippen LogP contribution in [0, 0.1) is 11.3 Å². The fraction of sp³-hybridized carbons (Fsp3) is 0.375. The Bertz CT molecular complexity index is 1230. The van der Waals surface area contributed by atoms with E-state index in [-0.39, 0.29) is 11.0 Å². The first-order valence-electron chi connectivity index (χ1n) is 10.3. The highest BCUT2D eigenvalue weighted by Gasteiger charge is 2.34. The molecule has 1 aromatic carbocycles. The number of benzene rings is 1. The van der Waals surface area contributed by atoms with Gasteiger partial charge in [-0.15, -0.1) is 11.3 Å². The topological polar surface area (TPSA) is 85.6 Å². The summed E-state index contributed by atoms with van der Waals surface area (Å²) in [7, 11) is 1.33. The summed E-state index contributed by atoms with van der Waals surface area (Å²) >= 11 is 1.39. The van der Waals surface area contributed by atoms with Crippen molar-refractivity contribution in [1.29, 1.82) is 0 Å². The van der Waals surface area contributed by atoms with Gasteiger partial charge in [0.2, 0.25) is 0 Å². The Hall–Kier alpha value is -2.93. The van der Waals surface area contributed by atoms with Gasteiger partial charge in [0.05, 0.1) is 12.7 Å². The lowest BCUT2D eigenvalue weighted by atomic mass is 9.72. The maximum Gasteiger partial charge on any atom is 0.349 e. The van der Waals surface area contributed by atoms with Gasteiger partial charge in [-0.25, -0.2) is 9.59 Å². The summed E-state index contributed by atoms with van der Waals surface area (Å²) in [6.45, 7) is 6.66. The number of carbonyl (C=O) groups is 2. The van der Waals surface area contributed by atoms with Crippen LogP contribution in [-0.4, -0.2) is 19.0 Å². The third kappa shape index (κ3) is 4.02. The number of carbonyl (C=O) groups excluding carboxylic acids is 2. The summed E-state index contributed by atoms with van der Waals surface area (Å²) in [6.07, 6.45) is 2.58. The molecule has 3 aromatic rings. The van der Waals surface area contributed by atoms with Crippen LogP contribution in [0.3, 0.4) is 0 Å². The number of esters is 1. The number of rotatable bonds is 3. The molecule has 0 bridgehead atoms. The van der Waals surface area contributed by atoms with Crippen LogP contribution < -0.4 is 10.9 Å². The van der Waals surface area contributed by atoms with Crippen LogP contribution in [0.25, 0.3) is 11.0 Å². The third-order valence-corrected chi connectivity index (χ3v) is 7.16. The Morgan fingerprint density at radius 2 is 1.97 bits per heavy atom. The van der Waals surface area contributed by atoms with E-state index in [4.69, 9.17) is 9.15 Å². The first kappa shape index (κ1) is 21.3. The summed E-state index contributed by atoms with van der Waals surface area (Å²) in [5.41, 5.74) is 1.09. The largest absolute Gasteiger partial charge is 0.465 e. The number of anilines is 1. The lowest BCUT2D eigenvalue weighted by Crippen LogP contribution is -2.26. The molecule has 1 N–H and O–H groups in total. The fourth-order valence-corrected chi connectivity index (χ4v) is 5.43. The second-order valence-electron chi connectivity index (χ2n) is 8.94. The van der Waals surface area contributed by atoms with Crippen LogP contribution in [0.2, 0.25) is 0 Å². The zero-order valence-electron chi connectivity index (χ0n) is 18.0. The van der Waals surface area contributed by atoms with E-state index in [9.17, 15) is 14.4 Å². The Balaban J connectivity index is 1.71.